The van der Waals surface area contributed by atoms with Crippen molar-refractivity contribution >= 4 is 17.3 Å². The number of hydrogen-bond acceptors (Lipinski definition) is 6. The molecule has 1 amide bonds. The van der Waals surface area contributed by atoms with Gasteiger partial charge in [0.1, 0.15) is 6.33 Å². The van der Waals surface area contributed by atoms with Crippen LogP contribution >= 0.6 is 0 Å². The maximum Gasteiger partial charge on any atom is 0.249 e. The van der Waals surface area contributed by atoms with Gasteiger partial charge in [-0.25, -0.2) is 0 Å². The fourth-order valence-electron chi connectivity index (χ4n) is 1.56. The molecule has 2 rings (SSSR count). The number of anilines is 2. The third-order valence-corrected chi connectivity index (χ3v) is 2.41. The number of carbonyl (C=O) groups is 1. The van der Waals surface area contributed by atoms with E-state index in [4.69, 9.17) is 15.2 Å². The summed E-state index contributed by atoms with van der Waals surface area (Å²) in [5, 5.41) is 2.66. The highest BCUT2D eigenvalue weighted by atomic mass is 16.5. The van der Waals surface area contributed by atoms with Crippen LogP contribution in [0.3, 0.4) is 0 Å². The lowest BCUT2D eigenvalue weighted by molar-refractivity contribution is -0.114. The van der Waals surface area contributed by atoms with Crippen molar-refractivity contribution in [2.24, 2.45) is 0 Å². The van der Waals surface area contributed by atoms with Crippen molar-refractivity contribution in [3.8, 4) is 17.5 Å². The quantitative estimate of drug-likeness (QED) is 0.882. The number of nitrogens with two attached hydrogens (primary N) is 1. The third kappa shape index (κ3) is 2.94. The lowest BCUT2D eigenvalue weighted by Crippen LogP contribution is -2.07. The van der Waals surface area contributed by atoms with Crippen molar-refractivity contribution in [2.45, 2.75) is 6.92 Å². The SMILES string of the molecule is COc1ncnc(Oc2ccccc2NC(C)=O)c1N. The van der Waals surface area contributed by atoms with Crippen molar-refractivity contribution in [2.75, 3.05) is 18.2 Å². The van der Waals surface area contributed by atoms with Crippen LogP contribution in [-0.4, -0.2) is 23.0 Å². The predicted octanol–water partition coefficient (Wildman–Crippen LogP) is 1.82. The minimum Gasteiger partial charge on any atom is -0.479 e. The Kier molecular flexibility index (Phi) is 3.99. The van der Waals surface area contributed by atoms with Crippen LogP contribution in [0.5, 0.6) is 17.5 Å². The molecule has 7 heteroatoms. The number of nitrogens with one attached hydrogen (secondary N) is 1. The first-order valence-corrected chi connectivity index (χ1v) is 5.80. The number of carbonyl (C=O) groups excluding carboxylic acids is 1. The lowest BCUT2D eigenvalue weighted by Gasteiger charge is -2.12. The zero-order valence-corrected chi connectivity index (χ0v) is 11.1. The maximum absolute atomic E-state index is 11.1. The van der Waals surface area contributed by atoms with Gasteiger partial charge in [-0.3, -0.25) is 4.79 Å². The number of aromatic nitrogens is 2. The van der Waals surface area contributed by atoms with E-state index in [-0.39, 0.29) is 23.4 Å². The summed E-state index contributed by atoms with van der Waals surface area (Å²) in [5.74, 6) is 0.617. The summed E-state index contributed by atoms with van der Waals surface area (Å²) in [6.45, 7) is 1.42. The molecule has 0 radical (unpaired) electrons. The van der Waals surface area contributed by atoms with Crippen molar-refractivity contribution in [3.63, 3.8) is 0 Å². The van der Waals surface area contributed by atoms with Crippen molar-refractivity contribution in [1.82, 2.24) is 9.97 Å². The first-order valence-electron chi connectivity index (χ1n) is 5.80. The van der Waals surface area contributed by atoms with Gasteiger partial charge in [-0.15, -0.1) is 0 Å². The molecule has 7 nitrogen and oxygen atoms in total. The molecule has 0 unspecified atom stereocenters. The second kappa shape index (κ2) is 5.87. The van der Waals surface area contributed by atoms with Crippen LogP contribution in [0.1, 0.15) is 6.92 Å². The van der Waals surface area contributed by atoms with Gasteiger partial charge in [0.25, 0.3) is 0 Å². The zero-order chi connectivity index (χ0) is 14.5. The van der Waals surface area contributed by atoms with E-state index >= 15 is 0 Å². The van der Waals surface area contributed by atoms with Crippen LogP contribution in [0.2, 0.25) is 0 Å². The van der Waals surface area contributed by atoms with Crippen LogP contribution in [-0.2, 0) is 4.79 Å². The number of methoxy groups -OCH3 is 1. The molecule has 3 N–H and O–H groups in total. The standard InChI is InChI=1S/C13H14N4O3/c1-8(18)17-9-5-3-4-6-10(9)20-13-11(14)12(19-2)15-7-16-13/h3-7H,14H2,1-2H3,(H,17,18). The van der Waals surface area contributed by atoms with Crippen molar-refractivity contribution in [3.05, 3.63) is 30.6 Å². The molecular formula is C13H14N4O3. The van der Waals surface area contributed by atoms with E-state index in [0.717, 1.165) is 0 Å². The van der Waals surface area contributed by atoms with Crippen LogP contribution in [0.25, 0.3) is 0 Å². The Balaban J connectivity index is 2.33. The number of nitrogens with zero attached hydrogens (tertiary/aromatic N) is 2. The molecule has 1 aromatic heterocycles. The molecule has 0 saturated heterocycles. The fraction of sp³-hybridized carbons (Fsp3) is 0.154. The second-order valence-corrected chi connectivity index (χ2v) is 3.88. The Hall–Kier alpha value is -2.83. The topological polar surface area (TPSA) is 99.4 Å². The van der Waals surface area contributed by atoms with E-state index in [0.29, 0.717) is 11.4 Å². The lowest BCUT2D eigenvalue weighted by atomic mass is 10.3. The Bertz CT molecular complexity index is 631. The molecular weight excluding hydrogens is 260 g/mol. The minimum absolute atomic E-state index is 0.162. The van der Waals surface area contributed by atoms with E-state index in [1.165, 1.54) is 20.4 Å². The van der Waals surface area contributed by atoms with Gasteiger partial charge in [0.05, 0.1) is 12.8 Å². The van der Waals surface area contributed by atoms with E-state index in [9.17, 15) is 4.79 Å². The van der Waals surface area contributed by atoms with E-state index in [1.54, 1.807) is 24.3 Å². The maximum atomic E-state index is 11.1. The van der Waals surface area contributed by atoms with E-state index in [2.05, 4.69) is 15.3 Å². The van der Waals surface area contributed by atoms with Crippen LogP contribution < -0.4 is 20.5 Å². The Morgan fingerprint density at radius 2 is 1.95 bits per heavy atom. The Morgan fingerprint density at radius 3 is 2.65 bits per heavy atom. The van der Waals surface area contributed by atoms with Gasteiger partial charge in [-0.1, -0.05) is 12.1 Å². The first-order chi connectivity index (χ1) is 9.61. The van der Waals surface area contributed by atoms with Gasteiger partial charge in [-0.2, -0.15) is 9.97 Å². The molecule has 0 saturated carbocycles. The smallest absolute Gasteiger partial charge is 0.249 e. The normalized spacial score (nSPS) is 9.90. The molecule has 0 atom stereocenters. The summed E-state index contributed by atoms with van der Waals surface area (Å²) >= 11 is 0. The number of hydrogen-bond donors (Lipinski definition) is 2. The summed E-state index contributed by atoms with van der Waals surface area (Å²) in [7, 11) is 1.45. The second-order valence-electron chi connectivity index (χ2n) is 3.88. The van der Waals surface area contributed by atoms with Gasteiger partial charge >= 0.3 is 0 Å². The molecule has 0 bridgehead atoms. The molecule has 0 aliphatic carbocycles. The number of nitrogen functional groups attached to an aromatic ring is 1. The number of para-hydroxylation sites is 2. The number of rotatable bonds is 4. The zero-order valence-electron chi connectivity index (χ0n) is 11.1. The highest BCUT2D eigenvalue weighted by Gasteiger charge is 2.12. The van der Waals surface area contributed by atoms with Crippen molar-refractivity contribution < 1.29 is 14.3 Å². The summed E-state index contributed by atoms with van der Waals surface area (Å²) in [6, 6.07) is 6.96. The van der Waals surface area contributed by atoms with E-state index < -0.39 is 0 Å². The van der Waals surface area contributed by atoms with E-state index in [1.807, 2.05) is 0 Å². The molecule has 0 fully saturated rings. The molecule has 2 aromatic rings. The van der Waals surface area contributed by atoms with Crippen LogP contribution in [0.4, 0.5) is 11.4 Å². The van der Waals surface area contributed by atoms with Crippen LogP contribution in [0.15, 0.2) is 30.6 Å². The molecule has 0 aliphatic rings. The average molecular weight is 274 g/mol. The van der Waals surface area contributed by atoms with Crippen molar-refractivity contribution in [1.29, 1.82) is 0 Å². The van der Waals surface area contributed by atoms with Gasteiger partial charge in [-0.05, 0) is 12.1 Å². The molecule has 1 heterocycles. The monoisotopic (exact) mass is 274 g/mol. The first kappa shape index (κ1) is 13.6. The van der Waals surface area contributed by atoms with Gasteiger partial charge in [0.15, 0.2) is 11.4 Å². The van der Waals surface area contributed by atoms with Gasteiger partial charge in [0.2, 0.25) is 17.7 Å². The third-order valence-electron chi connectivity index (χ3n) is 2.41. The predicted molar refractivity (Wildman–Crippen MR) is 73.8 cm³/mol. The fourth-order valence-corrected chi connectivity index (χ4v) is 1.56. The average Bonchev–Trinajstić information content (AvgIpc) is 2.42. The summed E-state index contributed by atoms with van der Waals surface area (Å²) in [6.07, 6.45) is 1.28. The Labute approximate surface area is 115 Å². The largest absolute Gasteiger partial charge is 0.479 e. The highest BCUT2D eigenvalue weighted by molar-refractivity contribution is 5.90. The molecule has 1 aromatic carbocycles. The van der Waals surface area contributed by atoms with Gasteiger partial charge < -0.3 is 20.5 Å². The molecule has 104 valence electrons. The van der Waals surface area contributed by atoms with Gasteiger partial charge in [0, 0.05) is 6.92 Å². The molecule has 20 heavy (non-hydrogen) atoms. The number of ether oxygens (including phenoxy) is 2. The molecule has 0 spiro atoms. The summed E-state index contributed by atoms with van der Waals surface area (Å²) < 4.78 is 10.6. The number of benzene rings is 1. The molecule has 0 aliphatic heterocycles. The Morgan fingerprint density at radius 1 is 1.25 bits per heavy atom. The highest BCUT2D eigenvalue weighted by Crippen LogP contribution is 2.33. The van der Waals surface area contributed by atoms with Crippen LogP contribution in [0, 0.1) is 0 Å². The number of amides is 1. The summed E-state index contributed by atoms with van der Waals surface area (Å²) in [4.78, 5) is 19.0. The summed E-state index contributed by atoms with van der Waals surface area (Å²) in [5.41, 5.74) is 6.54. The minimum atomic E-state index is -0.200.